The number of fused-ring (bicyclic) bond motifs is 2. The van der Waals surface area contributed by atoms with E-state index in [-0.39, 0.29) is 25.2 Å². The summed E-state index contributed by atoms with van der Waals surface area (Å²) in [6.07, 6.45) is 3.58. The van der Waals surface area contributed by atoms with Gasteiger partial charge in [0.1, 0.15) is 13.2 Å². The molecule has 160 valence electrons. The number of likely N-dealkylation sites (tertiary alicyclic amines) is 1. The van der Waals surface area contributed by atoms with Gasteiger partial charge >= 0.3 is 0 Å². The summed E-state index contributed by atoms with van der Waals surface area (Å²) in [5.74, 6) is -2.10. The topological polar surface area (TPSA) is 91.9 Å². The normalized spacial score (nSPS) is 23.2. The molecule has 3 unspecified atom stereocenters. The summed E-state index contributed by atoms with van der Waals surface area (Å²) in [7, 11) is 4.72. The maximum Gasteiger partial charge on any atom is 0.262 e. The van der Waals surface area contributed by atoms with E-state index < -0.39 is 23.6 Å². The van der Waals surface area contributed by atoms with Crippen LogP contribution in [0.15, 0.2) is 24.4 Å². The maximum atomic E-state index is 13.3. The van der Waals surface area contributed by atoms with Crippen molar-refractivity contribution in [2.75, 3.05) is 41.0 Å². The highest BCUT2D eigenvalue weighted by molar-refractivity contribution is 6.12. The minimum Gasteiger partial charge on any atom is -0.375 e. The van der Waals surface area contributed by atoms with E-state index in [0.717, 1.165) is 16.8 Å². The lowest BCUT2D eigenvalue weighted by Gasteiger charge is -2.45. The SMILES string of the molecule is COCC(=O)N(C(=O)COC)C(=O)C1CC2c3cccc4[nH]cc(c34)CC2N(C)C1. The van der Waals surface area contributed by atoms with Gasteiger partial charge in [-0.15, -0.1) is 0 Å². The average molecular weight is 413 g/mol. The minimum absolute atomic E-state index is 0.154. The first kappa shape index (κ1) is 20.7. The van der Waals surface area contributed by atoms with Gasteiger partial charge in [-0.1, -0.05) is 12.1 Å². The number of amides is 3. The number of methoxy groups -OCH3 is 2. The zero-order chi connectivity index (χ0) is 21.4. The van der Waals surface area contributed by atoms with Crippen molar-refractivity contribution in [2.24, 2.45) is 5.92 Å². The van der Waals surface area contributed by atoms with Crippen molar-refractivity contribution in [1.82, 2.24) is 14.8 Å². The van der Waals surface area contributed by atoms with E-state index in [1.165, 1.54) is 30.7 Å². The Bertz CT molecular complexity index is 966. The van der Waals surface area contributed by atoms with Gasteiger partial charge in [-0.3, -0.25) is 14.4 Å². The molecule has 1 aliphatic carbocycles. The maximum absolute atomic E-state index is 13.3. The molecule has 30 heavy (non-hydrogen) atoms. The summed E-state index contributed by atoms with van der Waals surface area (Å²) < 4.78 is 9.75. The van der Waals surface area contributed by atoms with Gasteiger partial charge in [0.15, 0.2) is 0 Å². The summed E-state index contributed by atoms with van der Waals surface area (Å²) >= 11 is 0. The molecule has 1 aromatic heterocycles. The Hall–Kier alpha value is -2.55. The first-order chi connectivity index (χ1) is 14.5. The number of carbonyl (C=O) groups excluding carboxylic acids is 3. The number of aromatic amines is 1. The fraction of sp³-hybridized carbons (Fsp3) is 0.500. The lowest BCUT2D eigenvalue weighted by molar-refractivity contribution is -0.160. The zero-order valence-corrected chi connectivity index (χ0v) is 17.5. The Labute approximate surface area is 175 Å². The van der Waals surface area contributed by atoms with Crippen molar-refractivity contribution >= 4 is 28.6 Å². The van der Waals surface area contributed by atoms with Crippen LogP contribution in [0.5, 0.6) is 0 Å². The van der Waals surface area contributed by atoms with E-state index in [0.29, 0.717) is 13.0 Å². The molecule has 1 aromatic carbocycles. The van der Waals surface area contributed by atoms with Crippen LogP contribution in [-0.2, 0) is 30.3 Å². The van der Waals surface area contributed by atoms with Gasteiger partial charge in [0, 0.05) is 49.8 Å². The van der Waals surface area contributed by atoms with Crippen molar-refractivity contribution in [2.45, 2.75) is 24.8 Å². The van der Waals surface area contributed by atoms with Gasteiger partial charge in [-0.2, -0.15) is 0 Å². The average Bonchev–Trinajstić information content (AvgIpc) is 3.13. The summed E-state index contributed by atoms with van der Waals surface area (Å²) in [4.78, 5) is 44.5. The summed E-state index contributed by atoms with van der Waals surface area (Å²) in [5.41, 5.74) is 3.62. The van der Waals surface area contributed by atoms with Crippen LogP contribution in [0.25, 0.3) is 10.9 Å². The standard InChI is InChI=1S/C22H27N3O5/c1-24-10-14(22(28)25(19(26)11-29-2)20(27)12-30-3)7-16-15-5-4-6-17-21(15)13(9-23-17)8-18(16)24/h4-6,9,14,16,18,23H,7-8,10-12H2,1-3H3. The molecule has 0 spiro atoms. The van der Waals surface area contributed by atoms with Crippen LogP contribution < -0.4 is 0 Å². The Morgan fingerprint density at radius 3 is 2.53 bits per heavy atom. The number of nitrogens with zero attached hydrogens (tertiary/aromatic N) is 2. The first-order valence-corrected chi connectivity index (χ1v) is 10.1. The molecule has 1 N–H and O–H groups in total. The van der Waals surface area contributed by atoms with Crippen LogP contribution in [0, 0.1) is 5.92 Å². The van der Waals surface area contributed by atoms with Gasteiger partial charge in [0.25, 0.3) is 11.8 Å². The van der Waals surface area contributed by atoms with Gasteiger partial charge in [-0.25, -0.2) is 4.90 Å². The fourth-order valence-electron chi connectivity index (χ4n) is 5.06. The van der Waals surface area contributed by atoms with Crippen molar-refractivity contribution in [1.29, 1.82) is 0 Å². The first-order valence-electron chi connectivity index (χ1n) is 10.1. The van der Waals surface area contributed by atoms with Crippen molar-refractivity contribution in [3.63, 3.8) is 0 Å². The number of aromatic nitrogens is 1. The molecule has 1 saturated heterocycles. The molecule has 2 aromatic rings. The third kappa shape index (κ3) is 3.45. The van der Waals surface area contributed by atoms with E-state index in [9.17, 15) is 14.4 Å². The lowest BCUT2D eigenvalue weighted by atomic mass is 9.72. The van der Waals surface area contributed by atoms with Crippen LogP contribution in [0.2, 0.25) is 0 Å². The minimum atomic E-state index is -0.659. The molecular formula is C22H27N3O5. The quantitative estimate of drug-likeness (QED) is 0.795. The third-order valence-electron chi connectivity index (χ3n) is 6.33. The van der Waals surface area contributed by atoms with E-state index in [4.69, 9.17) is 9.47 Å². The van der Waals surface area contributed by atoms with E-state index >= 15 is 0 Å². The Kier molecular flexibility index (Phi) is 5.73. The second kappa shape index (κ2) is 8.29. The largest absolute Gasteiger partial charge is 0.375 e. The van der Waals surface area contributed by atoms with Gasteiger partial charge in [0.2, 0.25) is 5.91 Å². The molecule has 8 nitrogen and oxygen atoms in total. The number of piperidine rings is 1. The molecule has 1 aliphatic heterocycles. The number of carbonyl (C=O) groups is 3. The van der Waals surface area contributed by atoms with Gasteiger partial charge in [-0.05, 0) is 37.1 Å². The van der Waals surface area contributed by atoms with Gasteiger partial charge in [0.05, 0.1) is 5.92 Å². The molecule has 2 heterocycles. The number of likely N-dealkylation sites (N-methyl/N-ethyl adjacent to an activating group) is 1. The predicted molar refractivity (Wildman–Crippen MR) is 110 cm³/mol. The monoisotopic (exact) mass is 413 g/mol. The van der Waals surface area contributed by atoms with Crippen molar-refractivity contribution < 1.29 is 23.9 Å². The van der Waals surface area contributed by atoms with Crippen LogP contribution >= 0.6 is 0 Å². The number of imide groups is 3. The number of nitrogens with one attached hydrogen (secondary N) is 1. The molecular weight excluding hydrogens is 386 g/mol. The Morgan fingerprint density at radius 1 is 1.17 bits per heavy atom. The number of hydrogen-bond acceptors (Lipinski definition) is 6. The number of rotatable bonds is 5. The van der Waals surface area contributed by atoms with E-state index in [1.54, 1.807) is 0 Å². The van der Waals surface area contributed by atoms with Crippen LogP contribution in [0.3, 0.4) is 0 Å². The van der Waals surface area contributed by atoms with E-state index in [2.05, 4.69) is 28.2 Å². The molecule has 4 rings (SSSR count). The molecule has 0 saturated carbocycles. The molecule has 0 bridgehead atoms. The highest BCUT2D eigenvalue weighted by atomic mass is 16.5. The molecule has 3 amide bonds. The van der Waals surface area contributed by atoms with Crippen LogP contribution in [-0.4, -0.2) is 79.6 Å². The zero-order valence-electron chi connectivity index (χ0n) is 17.5. The second-order valence-corrected chi connectivity index (χ2v) is 8.16. The van der Waals surface area contributed by atoms with Crippen molar-refractivity contribution in [3.8, 4) is 0 Å². The third-order valence-corrected chi connectivity index (χ3v) is 6.33. The Balaban J connectivity index is 1.64. The van der Waals surface area contributed by atoms with E-state index in [1.807, 2.05) is 13.1 Å². The van der Waals surface area contributed by atoms with Crippen molar-refractivity contribution in [3.05, 3.63) is 35.5 Å². The number of ether oxygens (including phenoxy) is 2. The number of benzene rings is 1. The summed E-state index contributed by atoms with van der Waals surface area (Å²) in [6.45, 7) is -0.170. The number of H-pyrrole nitrogens is 1. The highest BCUT2D eigenvalue weighted by Gasteiger charge is 2.44. The van der Waals surface area contributed by atoms with Crippen LogP contribution in [0.4, 0.5) is 0 Å². The summed E-state index contributed by atoms with van der Waals surface area (Å²) in [5, 5.41) is 1.24. The highest BCUT2D eigenvalue weighted by Crippen LogP contribution is 2.44. The molecule has 1 fully saturated rings. The summed E-state index contributed by atoms with van der Waals surface area (Å²) in [6, 6.07) is 6.50. The van der Waals surface area contributed by atoms with Crippen LogP contribution in [0.1, 0.15) is 23.5 Å². The molecule has 0 radical (unpaired) electrons. The second-order valence-electron chi connectivity index (χ2n) is 8.16. The Morgan fingerprint density at radius 2 is 1.87 bits per heavy atom. The fourth-order valence-corrected chi connectivity index (χ4v) is 5.06. The molecule has 8 heteroatoms. The van der Waals surface area contributed by atoms with Gasteiger partial charge < -0.3 is 19.4 Å². The smallest absolute Gasteiger partial charge is 0.262 e. The lowest BCUT2D eigenvalue weighted by Crippen LogP contribution is -2.55. The molecule has 3 atom stereocenters. The predicted octanol–water partition coefficient (Wildman–Crippen LogP) is 1.30. The number of hydrogen-bond donors (Lipinski definition) is 1. The molecule has 2 aliphatic rings.